The molecule has 0 saturated heterocycles. The number of carbonyl (C=O) groups is 2. The number of rotatable bonds is 1. The fourth-order valence-corrected chi connectivity index (χ4v) is 0.671. The number of amides is 2. The van der Waals surface area contributed by atoms with Gasteiger partial charge in [0.2, 0.25) is 0 Å². The highest BCUT2D eigenvalue weighted by atomic mass is 16.4. The molecule has 3 N–H and O–H groups in total. The SMILES string of the molecule is O=C(O)NNC(=O)c1ccccn1. The molecule has 0 unspecified atom stereocenters. The zero-order valence-corrected chi connectivity index (χ0v) is 6.52. The van der Waals surface area contributed by atoms with Crippen LogP contribution < -0.4 is 10.9 Å². The molecular formula is C7H7N3O3. The minimum Gasteiger partial charge on any atom is -0.464 e. The van der Waals surface area contributed by atoms with Gasteiger partial charge >= 0.3 is 6.09 Å². The summed E-state index contributed by atoms with van der Waals surface area (Å²) in [4.78, 5) is 24.8. The molecule has 6 nitrogen and oxygen atoms in total. The molecule has 0 aromatic carbocycles. The number of pyridine rings is 1. The minimum atomic E-state index is -1.33. The molecule has 0 aliphatic heterocycles. The Kier molecular flexibility index (Phi) is 2.80. The molecule has 0 aliphatic rings. The van der Waals surface area contributed by atoms with Gasteiger partial charge in [0.25, 0.3) is 5.91 Å². The van der Waals surface area contributed by atoms with E-state index in [1.165, 1.54) is 12.3 Å². The zero-order valence-electron chi connectivity index (χ0n) is 6.52. The summed E-state index contributed by atoms with van der Waals surface area (Å²) in [6.07, 6.45) is 0.111. The van der Waals surface area contributed by atoms with Crippen LogP contribution in [-0.4, -0.2) is 22.1 Å². The first-order chi connectivity index (χ1) is 6.20. The summed E-state index contributed by atoms with van der Waals surface area (Å²) >= 11 is 0. The third-order valence-corrected chi connectivity index (χ3v) is 1.18. The van der Waals surface area contributed by atoms with Gasteiger partial charge in [0.1, 0.15) is 5.69 Å². The van der Waals surface area contributed by atoms with Crippen molar-refractivity contribution in [2.24, 2.45) is 0 Å². The van der Waals surface area contributed by atoms with E-state index in [1.54, 1.807) is 17.6 Å². The van der Waals surface area contributed by atoms with E-state index in [2.05, 4.69) is 4.98 Å². The monoisotopic (exact) mass is 181 g/mol. The molecule has 2 amide bonds. The van der Waals surface area contributed by atoms with Gasteiger partial charge in [-0.1, -0.05) is 6.07 Å². The van der Waals surface area contributed by atoms with Gasteiger partial charge in [-0.15, -0.1) is 0 Å². The molecule has 0 fully saturated rings. The average molecular weight is 181 g/mol. The Morgan fingerprint density at radius 1 is 1.31 bits per heavy atom. The number of aromatic nitrogens is 1. The largest absolute Gasteiger partial charge is 0.464 e. The summed E-state index contributed by atoms with van der Waals surface area (Å²) in [5, 5.41) is 8.16. The average Bonchev–Trinajstić information content (AvgIpc) is 2.15. The van der Waals surface area contributed by atoms with Crippen LogP contribution in [0.1, 0.15) is 10.5 Å². The molecule has 68 valence electrons. The van der Waals surface area contributed by atoms with Crippen LogP contribution in [0.4, 0.5) is 4.79 Å². The summed E-state index contributed by atoms with van der Waals surface area (Å²) in [5.41, 5.74) is 3.82. The van der Waals surface area contributed by atoms with Gasteiger partial charge in [0.15, 0.2) is 0 Å². The molecule has 1 aromatic heterocycles. The molecule has 0 bridgehead atoms. The van der Waals surface area contributed by atoms with E-state index in [0.717, 1.165) is 0 Å². The van der Waals surface area contributed by atoms with Crippen molar-refractivity contribution < 1.29 is 14.7 Å². The smallest absolute Gasteiger partial charge is 0.423 e. The fourth-order valence-electron chi connectivity index (χ4n) is 0.671. The maximum atomic E-state index is 11.0. The maximum Gasteiger partial charge on any atom is 0.423 e. The van der Waals surface area contributed by atoms with E-state index >= 15 is 0 Å². The van der Waals surface area contributed by atoms with Gasteiger partial charge in [-0.3, -0.25) is 15.2 Å². The summed E-state index contributed by atoms with van der Waals surface area (Å²) < 4.78 is 0. The van der Waals surface area contributed by atoms with E-state index < -0.39 is 12.0 Å². The molecule has 13 heavy (non-hydrogen) atoms. The summed E-state index contributed by atoms with van der Waals surface area (Å²) in [6, 6.07) is 4.75. The molecule has 0 radical (unpaired) electrons. The van der Waals surface area contributed by atoms with Crippen LogP contribution in [0.25, 0.3) is 0 Å². The Balaban J connectivity index is 2.54. The molecule has 0 atom stereocenters. The summed E-state index contributed by atoms with van der Waals surface area (Å²) in [6.45, 7) is 0. The maximum absolute atomic E-state index is 11.0. The number of nitrogens with one attached hydrogen (secondary N) is 2. The number of hydrogen-bond donors (Lipinski definition) is 3. The van der Waals surface area contributed by atoms with Gasteiger partial charge < -0.3 is 5.11 Å². The van der Waals surface area contributed by atoms with Crippen LogP contribution in [0.15, 0.2) is 24.4 Å². The molecular weight excluding hydrogens is 174 g/mol. The zero-order chi connectivity index (χ0) is 9.68. The van der Waals surface area contributed by atoms with Gasteiger partial charge in [0.05, 0.1) is 0 Å². The Bertz CT molecular complexity index is 312. The third-order valence-electron chi connectivity index (χ3n) is 1.18. The molecule has 1 aromatic rings. The van der Waals surface area contributed by atoms with E-state index in [9.17, 15) is 9.59 Å². The number of carbonyl (C=O) groups excluding carboxylic acids is 1. The van der Waals surface area contributed by atoms with Crippen LogP contribution in [-0.2, 0) is 0 Å². The van der Waals surface area contributed by atoms with Gasteiger partial charge in [-0.25, -0.2) is 10.2 Å². The number of carboxylic acid groups (broad SMARTS) is 1. The lowest BCUT2D eigenvalue weighted by Crippen LogP contribution is -2.41. The second kappa shape index (κ2) is 4.05. The van der Waals surface area contributed by atoms with Crippen LogP contribution in [0, 0.1) is 0 Å². The van der Waals surface area contributed by atoms with Crippen LogP contribution in [0.2, 0.25) is 0 Å². The highest BCUT2D eigenvalue weighted by Crippen LogP contribution is 1.91. The predicted molar refractivity (Wildman–Crippen MR) is 42.9 cm³/mol. The number of hydrogen-bond acceptors (Lipinski definition) is 3. The van der Waals surface area contributed by atoms with Crippen molar-refractivity contribution in [3.63, 3.8) is 0 Å². The van der Waals surface area contributed by atoms with Crippen molar-refractivity contribution in [1.82, 2.24) is 15.8 Å². The Hall–Kier alpha value is -2.11. The molecule has 1 rings (SSSR count). The Morgan fingerprint density at radius 2 is 2.08 bits per heavy atom. The highest BCUT2D eigenvalue weighted by Gasteiger charge is 2.05. The third kappa shape index (κ3) is 2.78. The van der Waals surface area contributed by atoms with Gasteiger partial charge in [-0.05, 0) is 12.1 Å². The first kappa shape index (κ1) is 8.98. The van der Waals surface area contributed by atoms with Crippen LogP contribution in [0.3, 0.4) is 0 Å². The van der Waals surface area contributed by atoms with E-state index in [-0.39, 0.29) is 5.69 Å². The number of hydrazine groups is 1. The first-order valence-corrected chi connectivity index (χ1v) is 3.40. The molecule has 0 aliphatic carbocycles. The van der Waals surface area contributed by atoms with Crippen LogP contribution in [0.5, 0.6) is 0 Å². The summed E-state index contributed by atoms with van der Waals surface area (Å²) in [5.74, 6) is -0.594. The van der Waals surface area contributed by atoms with Crippen LogP contribution >= 0.6 is 0 Å². The van der Waals surface area contributed by atoms with Gasteiger partial charge in [-0.2, -0.15) is 0 Å². The van der Waals surface area contributed by atoms with Crippen molar-refractivity contribution in [2.45, 2.75) is 0 Å². The normalized spacial score (nSPS) is 8.92. The van der Waals surface area contributed by atoms with Crippen molar-refractivity contribution >= 4 is 12.0 Å². The van der Waals surface area contributed by atoms with Crippen molar-refractivity contribution in [3.05, 3.63) is 30.1 Å². The lowest BCUT2D eigenvalue weighted by Gasteiger charge is -2.01. The fraction of sp³-hybridized carbons (Fsp3) is 0. The molecule has 0 saturated carbocycles. The minimum absolute atomic E-state index is 0.149. The quantitative estimate of drug-likeness (QED) is 0.531. The Morgan fingerprint density at radius 3 is 2.62 bits per heavy atom. The van der Waals surface area contributed by atoms with Crippen molar-refractivity contribution in [3.8, 4) is 0 Å². The molecule has 1 heterocycles. The topological polar surface area (TPSA) is 91.3 Å². The van der Waals surface area contributed by atoms with Crippen molar-refractivity contribution in [1.29, 1.82) is 0 Å². The predicted octanol–water partition coefficient (Wildman–Crippen LogP) is -0.00600. The lowest BCUT2D eigenvalue weighted by atomic mass is 10.3. The lowest BCUT2D eigenvalue weighted by molar-refractivity contribution is 0.0921. The van der Waals surface area contributed by atoms with E-state index in [0.29, 0.717) is 0 Å². The first-order valence-electron chi connectivity index (χ1n) is 3.40. The van der Waals surface area contributed by atoms with Gasteiger partial charge in [0, 0.05) is 6.20 Å². The molecule has 0 spiro atoms. The number of nitrogens with zero attached hydrogens (tertiary/aromatic N) is 1. The second-order valence-corrected chi connectivity index (χ2v) is 2.10. The second-order valence-electron chi connectivity index (χ2n) is 2.10. The highest BCUT2D eigenvalue weighted by molar-refractivity contribution is 5.92. The van der Waals surface area contributed by atoms with Crippen molar-refractivity contribution in [2.75, 3.05) is 0 Å². The standard InChI is InChI=1S/C7H7N3O3/c11-6(9-10-7(12)13)5-3-1-2-4-8-5/h1-4,10H,(H,9,11)(H,12,13). The van der Waals surface area contributed by atoms with E-state index in [1.807, 2.05) is 5.43 Å². The summed E-state index contributed by atoms with van der Waals surface area (Å²) in [7, 11) is 0. The Labute approximate surface area is 73.6 Å². The molecule has 6 heteroatoms. The van der Waals surface area contributed by atoms with E-state index in [4.69, 9.17) is 5.11 Å².